The number of likely N-dealkylation sites (N-methyl/N-ethyl adjacent to an activating group) is 1. The SMILES string of the molecule is COc1ccc2c(c1)c(CCN(C)C)cn2C(=O)CCCO[N+](=O)[O-]. The zero-order chi connectivity index (χ0) is 18.4. The van der Waals surface area contributed by atoms with Gasteiger partial charge in [-0.05, 0) is 50.7 Å². The Morgan fingerprint density at radius 2 is 2.12 bits per heavy atom. The lowest BCUT2D eigenvalue weighted by Crippen LogP contribution is -2.15. The molecule has 0 aliphatic carbocycles. The maximum absolute atomic E-state index is 12.5. The van der Waals surface area contributed by atoms with Gasteiger partial charge in [0.1, 0.15) is 5.75 Å². The van der Waals surface area contributed by atoms with Crippen LogP contribution in [0.1, 0.15) is 23.2 Å². The number of aromatic nitrogens is 1. The van der Waals surface area contributed by atoms with Crippen LogP contribution >= 0.6 is 0 Å². The van der Waals surface area contributed by atoms with Gasteiger partial charge in [-0.25, -0.2) is 0 Å². The zero-order valence-electron chi connectivity index (χ0n) is 14.7. The van der Waals surface area contributed by atoms with Gasteiger partial charge in [-0.3, -0.25) is 9.36 Å². The largest absolute Gasteiger partial charge is 0.497 e. The highest BCUT2D eigenvalue weighted by atomic mass is 16.9. The van der Waals surface area contributed by atoms with Gasteiger partial charge < -0.3 is 14.5 Å². The third-order valence-corrected chi connectivity index (χ3v) is 3.92. The third-order valence-electron chi connectivity index (χ3n) is 3.92. The molecule has 0 fully saturated rings. The van der Waals surface area contributed by atoms with Crippen LogP contribution in [-0.4, -0.2) is 54.8 Å². The Balaban J connectivity index is 2.23. The molecule has 136 valence electrons. The minimum absolute atomic E-state index is 0.0841. The average Bonchev–Trinajstić information content (AvgIpc) is 2.94. The van der Waals surface area contributed by atoms with Gasteiger partial charge in [-0.15, -0.1) is 10.1 Å². The number of benzene rings is 1. The molecule has 2 rings (SSSR count). The summed E-state index contributed by atoms with van der Waals surface area (Å²) in [6.45, 7) is 0.778. The fraction of sp³-hybridized carbons (Fsp3) is 0.471. The molecule has 0 spiro atoms. The number of nitrogens with zero attached hydrogens (tertiary/aromatic N) is 3. The van der Waals surface area contributed by atoms with E-state index in [1.165, 1.54) is 0 Å². The van der Waals surface area contributed by atoms with E-state index in [9.17, 15) is 14.9 Å². The molecule has 0 amide bonds. The highest BCUT2D eigenvalue weighted by Crippen LogP contribution is 2.27. The second kappa shape index (κ2) is 8.48. The summed E-state index contributed by atoms with van der Waals surface area (Å²) in [5.41, 5.74) is 1.88. The average molecular weight is 349 g/mol. The molecule has 1 aromatic heterocycles. The van der Waals surface area contributed by atoms with Crippen molar-refractivity contribution < 1.29 is 19.5 Å². The maximum Gasteiger partial charge on any atom is 0.294 e. The number of ether oxygens (including phenoxy) is 1. The lowest BCUT2D eigenvalue weighted by molar-refractivity contribution is -0.757. The van der Waals surface area contributed by atoms with E-state index in [2.05, 4.69) is 9.74 Å². The van der Waals surface area contributed by atoms with Crippen molar-refractivity contribution in [1.29, 1.82) is 0 Å². The van der Waals surface area contributed by atoms with Crippen LogP contribution in [0.25, 0.3) is 10.9 Å². The molecule has 0 atom stereocenters. The van der Waals surface area contributed by atoms with Crippen molar-refractivity contribution in [3.8, 4) is 5.75 Å². The third kappa shape index (κ3) is 4.93. The van der Waals surface area contributed by atoms with Crippen LogP contribution in [0.3, 0.4) is 0 Å². The topological polar surface area (TPSA) is 86.8 Å². The molecular formula is C17H23N3O5. The summed E-state index contributed by atoms with van der Waals surface area (Å²) in [5.74, 6) is 0.626. The summed E-state index contributed by atoms with van der Waals surface area (Å²) >= 11 is 0. The summed E-state index contributed by atoms with van der Waals surface area (Å²) in [7, 11) is 5.61. The van der Waals surface area contributed by atoms with Crippen LogP contribution in [0.2, 0.25) is 0 Å². The summed E-state index contributed by atoms with van der Waals surface area (Å²) < 4.78 is 6.91. The molecule has 0 aliphatic rings. The Labute approximate surface area is 146 Å². The molecule has 0 saturated heterocycles. The van der Waals surface area contributed by atoms with E-state index in [-0.39, 0.29) is 18.9 Å². The van der Waals surface area contributed by atoms with Crippen molar-refractivity contribution >= 4 is 16.8 Å². The van der Waals surface area contributed by atoms with Crippen molar-refractivity contribution in [1.82, 2.24) is 9.47 Å². The summed E-state index contributed by atoms with van der Waals surface area (Å²) in [6, 6.07) is 5.61. The van der Waals surface area contributed by atoms with E-state index in [1.807, 2.05) is 38.5 Å². The predicted octanol–water partition coefficient (Wildman–Crippen LogP) is 2.38. The number of hydrogen-bond acceptors (Lipinski definition) is 6. The smallest absolute Gasteiger partial charge is 0.294 e. The minimum atomic E-state index is -0.846. The number of carbonyl (C=O) groups is 1. The summed E-state index contributed by atoms with van der Waals surface area (Å²) in [4.78, 5) is 29.0. The maximum atomic E-state index is 12.5. The molecule has 0 aliphatic heterocycles. The molecule has 0 unspecified atom stereocenters. The van der Waals surface area contributed by atoms with Crippen molar-refractivity contribution in [3.63, 3.8) is 0 Å². The first-order valence-corrected chi connectivity index (χ1v) is 8.05. The fourth-order valence-electron chi connectivity index (χ4n) is 2.64. The van der Waals surface area contributed by atoms with Gasteiger partial charge in [-0.2, -0.15) is 0 Å². The Hall–Kier alpha value is -2.61. The number of hydrogen-bond donors (Lipinski definition) is 0. The highest BCUT2D eigenvalue weighted by Gasteiger charge is 2.15. The molecule has 0 radical (unpaired) electrons. The first-order chi connectivity index (χ1) is 11.9. The molecule has 8 nitrogen and oxygen atoms in total. The van der Waals surface area contributed by atoms with E-state index < -0.39 is 5.09 Å². The molecule has 8 heteroatoms. The van der Waals surface area contributed by atoms with Crippen molar-refractivity contribution in [3.05, 3.63) is 40.1 Å². The van der Waals surface area contributed by atoms with Crippen LogP contribution in [0, 0.1) is 10.1 Å². The van der Waals surface area contributed by atoms with Crippen LogP contribution in [0.5, 0.6) is 5.75 Å². The van der Waals surface area contributed by atoms with Crippen molar-refractivity contribution in [2.24, 2.45) is 0 Å². The lowest BCUT2D eigenvalue weighted by Gasteiger charge is -2.08. The zero-order valence-corrected chi connectivity index (χ0v) is 14.7. The summed E-state index contributed by atoms with van der Waals surface area (Å²) in [5, 5.41) is 10.3. The molecule has 25 heavy (non-hydrogen) atoms. The van der Waals surface area contributed by atoms with Crippen LogP contribution in [0.15, 0.2) is 24.4 Å². The van der Waals surface area contributed by atoms with E-state index >= 15 is 0 Å². The summed E-state index contributed by atoms with van der Waals surface area (Å²) in [6.07, 6.45) is 3.13. The minimum Gasteiger partial charge on any atom is -0.497 e. The van der Waals surface area contributed by atoms with Crippen molar-refractivity contribution in [2.45, 2.75) is 19.3 Å². The lowest BCUT2D eigenvalue weighted by atomic mass is 10.1. The number of rotatable bonds is 9. The molecule has 1 aromatic carbocycles. The van der Waals surface area contributed by atoms with E-state index in [4.69, 9.17) is 4.74 Å². The van der Waals surface area contributed by atoms with Gasteiger partial charge in [0.25, 0.3) is 5.09 Å². The van der Waals surface area contributed by atoms with Gasteiger partial charge in [-0.1, -0.05) is 0 Å². The molecular weight excluding hydrogens is 326 g/mol. The first-order valence-electron chi connectivity index (χ1n) is 8.05. The van der Waals surface area contributed by atoms with Crippen LogP contribution in [-0.2, 0) is 11.3 Å². The normalized spacial score (nSPS) is 11.0. The monoisotopic (exact) mass is 349 g/mol. The standard InChI is InChI=1S/C17H23N3O5/c1-18(2)9-8-13-12-19(17(21)5-4-10-25-20(22)23)16-7-6-14(24-3)11-15(13)16/h6-7,11-12H,4-5,8-10H2,1-3H3. The number of carbonyl (C=O) groups excluding carboxylic acids is 1. The Morgan fingerprint density at radius 3 is 2.76 bits per heavy atom. The first kappa shape index (κ1) is 18.7. The fourth-order valence-corrected chi connectivity index (χ4v) is 2.64. The molecule has 0 N–H and O–H groups in total. The second-order valence-electron chi connectivity index (χ2n) is 6.01. The van der Waals surface area contributed by atoms with E-state index in [0.717, 1.165) is 35.2 Å². The van der Waals surface area contributed by atoms with Crippen molar-refractivity contribution in [2.75, 3.05) is 34.4 Å². The Kier molecular flexibility index (Phi) is 6.35. The highest BCUT2D eigenvalue weighted by molar-refractivity contribution is 5.95. The van der Waals surface area contributed by atoms with Gasteiger partial charge >= 0.3 is 0 Å². The molecule has 0 saturated carbocycles. The van der Waals surface area contributed by atoms with Crippen LogP contribution < -0.4 is 4.74 Å². The molecule has 0 bridgehead atoms. The van der Waals surface area contributed by atoms with Crippen LogP contribution in [0.4, 0.5) is 0 Å². The Morgan fingerprint density at radius 1 is 1.36 bits per heavy atom. The van der Waals surface area contributed by atoms with Gasteiger partial charge in [0.15, 0.2) is 0 Å². The second-order valence-corrected chi connectivity index (χ2v) is 6.01. The van der Waals surface area contributed by atoms with Gasteiger partial charge in [0.05, 0.1) is 19.2 Å². The number of methoxy groups -OCH3 is 1. The predicted molar refractivity (Wildman–Crippen MR) is 93.6 cm³/mol. The van der Waals surface area contributed by atoms with E-state index in [1.54, 1.807) is 11.7 Å². The van der Waals surface area contributed by atoms with Gasteiger partial charge in [0.2, 0.25) is 5.91 Å². The molecule has 1 heterocycles. The van der Waals surface area contributed by atoms with Gasteiger partial charge in [0, 0.05) is 24.5 Å². The van der Waals surface area contributed by atoms with E-state index in [0.29, 0.717) is 6.42 Å². The number of fused-ring (bicyclic) bond motifs is 1. The Bertz CT molecular complexity index is 754. The quantitative estimate of drug-likeness (QED) is 0.392. The molecule has 2 aromatic rings.